The summed E-state index contributed by atoms with van der Waals surface area (Å²) >= 11 is 0. The van der Waals surface area contributed by atoms with Gasteiger partial charge in [0.15, 0.2) is 0 Å². The van der Waals surface area contributed by atoms with E-state index in [4.69, 9.17) is 5.73 Å². The molecule has 1 rings (SSSR count). The van der Waals surface area contributed by atoms with Crippen molar-refractivity contribution in [2.75, 3.05) is 5.73 Å². The topological polar surface area (TPSA) is 46.3 Å². The van der Waals surface area contributed by atoms with Crippen molar-refractivity contribution in [2.45, 2.75) is 39.0 Å². The number of alkyl halides is 3. The van der Waals surface area contributed by atoms with E-state index in [2.05, 4.69) is 0 Å². The molecular weight excluding hydrogens is 257 g/mol. The van der Waals surface area contributed by atoms with Crippen LogP contribution in [0.2, 0.25) is 0 Å². The van der Waals surface area contributed by atoms with Gasteiger partial charge in [-0.05, 0) is 25.5 Å². The number of amides is 1. The third kappa shape index (κ3) is 4.81. The van der Waals surface area contributed by atoms with Gasteiger partial charge in [-0.25, -0.2) is 0 Å². The van der Waals surface area contributed by atoms with Crippen molar-refractivity contribution in [3.05, 3.63) is 29.8 Å². The highest BCUT2D eigenvalue weighted by Crippen LogP contribution is 2.23. The fourth-order valence-electron chi connectivity index (χ4n) is 1.69. The molecule has 2 N–H and O–H groups in total. The molecular formula is C13H17F3N2O. The summed E-state index contributed by atoms with van der Waals surface area (Å²) in [6.45, 7) is 3.43. The molecule has 0 unspecified atom stereocenters. The van der Waals surface area contributed by atoms with Crippen LogP contribution in [0.4, 0.5) is 18.9 Å². The largest absolute Gasteiger partial charge is 0.398 e. The van der Waals surface area contributed by atoms with E-state index in [0.29, 0.717) is 11.3 Å². The molecule has 0 aliphatic rings. The normalized spacial score (nSPS) is 11.7. The number of halogens is 3. The molecule has 1 aromatic carbocycles. The second-order valence-corrected chi connectivity index (χ2v) is 4.61. The van der Waals surface area contributed by atoms with Crippen molar-refractivity contribution >= 4 is 11.6 Å². The van der Waals surface area contributed by atoms with E-state index >= 15 is 0 Å². The lowest BCUT2D eigenvalue weighted by molar-refractivity contribution is -0.163. The summed E-state index contributed by atoms with van der Waals surface area (Å²) in [5, 5.41) is 0. The van der Waals surface area contributed by atoms with E-state index in [1.807, 2.05) is 0 Å². The predicted octanol–water partition coefficient (Wildman–Crippen LogP) is 2.96. The Morgan fingerprint density at radius 3 is 2.37 bits per heavy atom. The average molecular weight is 274 g/mol. The van der Waals surface area contributed by atoms with Crippen LogP contribution in [0.3, 0.4) is 0 Å². The van der Waals surface area contributed by atoms with Crippen molar-refractivity contribution in [3.8, 4) is 0 Å². The first-order valence-electron chi connectivity index (χ1n) is 5.90. The highest BCUT2D eigenvalue weighted by atomic mass is 19.4. The Balaban J connectivity index is 2.85. The van der Waals surface area contributed by atoms with E-state index in [1.54, 1.807) is 38.1 Å². The first kappa shape index (κ1) is 15.3. The number of carbonyl (C=O) groups excluding carboxylic acids is 1. The van der Waals surface area contributed by atoms with Gasteiger partial charge in [-0.15, -0.1) is 0 Å². The van der Waals surface area contributed by atoms with Gasteiger partial charge in [0.05, 0.1) is 0 Å². The first-order valence-corrected chi connectivity index (χ1v) is 5.90. The minimum Gasteiger partial charge on any atom is -0.398 e. The molecule has 3 nitrogen and oxygen atoms in total. The summed E-state index contributed by atoms with van der Waals surface area (Å²) in [6.07, 6.45) is -5.94. The molecule has 0 heterocycles. The predicted molar refractivity (Wildman–Crippen MR) is 67.2 cm³/mol. The number of hydrogen-bond acceptors (Lipinski definition) is 2. The Labute approximate surface area is 110 Å². The molecule has 0 radical (unpaired) electrons. The molecule has 1 amide bonds. The fraction of sp³-hybridized carbons (Fsp3) is 0.462. The van der Waals surface area contributed by atoms with Gasteiger partial charge < -0.3 is 10.6 Å². The van der Waals surface area contributed by atoms with Crippen molar-refractivity contribution in [1.82, 2.24) is 4.90 Å². The number of nitrogens with zero attached hydrogens (tertiary/aromatic N) is 1. The third-order valence-electron chi connectivity index (χ3n) is 2.69. The summed E-state index contributed by atoms with van der Waals surface area (Å²) in [5.74, 6) is -0.939. The number of hydrogen-bond donors (Lipinski definition) is 1. The maximum absolute atomic E-state index is 12.3. The number of rotatable bonds is 4. The molecule has 0 aliphatic heterocycles. The van der Waals surface area contributed by atoms with Gasteiger partial charge in [-0.1, -0.05) is 18.2 Å². The highest BCUT2D eigenvalue weighted by molar-refractivity contribution is 5.77. The van der Waals surface area contributed by atoms with Gasteiger partial charge in [0, 0.05) is 18.3 Å². The van der Waals surface area contributed by atoms with Crippen molar-refractivity contribution in [3.63, 3.8) is 0 Å². The van der Waals surface area contributed by atoms with Gasteiger partial charge in [0.2, 0.25) is 5.91 Å². The second kappa shape index (κ2) is 5.95. The Hall–Kier alpha value is -1.72. The molecule has 0 aliphatic carbocycles. The molecule has 0 bridgehead atoms. The summed E-state index contributed by atoms with van der Waals surface area (Å²) < 4.78 is 36.8. The van der Waals surface area contributed by atoms with E-state index in [0.717, 1.165) is 0 Å². The number of carbonyl (C=O) groups is 1. The monoisotopic (exact) mass is 274 g/mol. The summed E-state index contributed by atoms with van der Waals surface area (Å²) in [4.78, 5) is 12.9. The first-order chi connectivity index (χ1) is 8.70. The highest BCUT2D eigenvalue weighted by Gasteiger charge is 2.34. The lowest BCUT2D eigenvalue weighted by Gasteiger charge is -2.28. The lowest BCUT2D eigenvalue weighted by atomic mass is 10.1. The van der Waals surface area contributed by atoms with Crippen molar-refractivity contribution in [2.24, 2.45) is 0 Å². The van der Waals surface area contributed by atoms with E-state index in [9.17, 15) is 18.0 Å². The second-order valence-electron chi connectivity index (χ2n) is 4.61. The molecule has 19 heavy (non-hydrogen) atoms. The van der Waals surface area contributed by atoms with Crippen LogP contribution in [-0.4, -0.2) is 23.0 Å². The molecule has 0 spiro atoms. The Morgan fingerprint density at radius 2 is 1.89 bits per heavy atom. The average Bonchev–Trinajstić information content (AvgIpc) is 2.24. The zero-order valence-electron chi connectivity index (χ0n) is 10.9. The zero-order chi connectivity index (χ0) is 14.6. The van der Waals surface area contributed by atoms with Crippen LogP contribution in [-0.2, 0) is 11.3 Å². The van der Waals surface area contributed by atoms with E-state index < -0.39 is 18.5 Å². The molecule has 0 aromatic heterocycles. The molecule has 6 heteroatoms. The fourth-order valence-corrected chi connectivity index (χ4v) is 1.69. The molecule has 0 fully saturated rings. The van der Waals surface area contributed by atoms with Crippen LogP contribution in [0.25, 0.3) is 0 Å². The standard InChI is InChI=1S/C13H17F3N2O/c1-9(2)18(12(19)7-13(14,15)16)8-10-5-3-4-6-11(10)17/h3-6,9H,7-8,17H2,1-2H3. The number of nitrogen functional groups attached to an aromatic ring is 1. The number of anilines is 1. The van der Waals surface area contributed by atoms with Gasteiger partial charge in [-0.3, -0.25) is 4.79 Å². The van der Waals surface area contributed by atoms with E-state index in [-0.39, 0.29) is 12.6 Å². The minimum atomic E-state index is -4.49. The van der Waals surface area contributed by atoms with Gasteiger partial charge >= 0.3 is 6.18 Å². The maximum atomic E-state index is 12.3. The molecule has 0 atom stereocenters. The molecule has 106 valence electrons. The Morgan fingerprint density at radius 1 is 1.32 bits per heavy atom. The van der Waals surface area contributed by atoms with Crippen LogP contribution in [0.1, 0.15) is 25.8 Å². The third-order valence-corrected chi connectivity index (χ3v) is 2.69. The molecule has 0 saturated heterocycles. The number of nitrogens with two attached hydrogens (primary N) is 1. The van der Waals surface area contributed by atoms with Gasteiger partial charge in [0.1, 0.15) is 6.42 Å². The summed E-state index contributed by atoms with van der Waals surface area (Å²) in [7, 11) is 0. The maximum Gasteiger partial charge on any atom is 0.397 e. The molecule has 1 aromatic rings. The van der Waals surface area contributed by atoms with Gasteiger partial charge in [-0.2, -0.15) is 13.2 Å². The Kier molecular flexibility index (Phi) is 4.80. The quantitative estimate of drug-likeness (QED) is 0.858. The summed E-state index contributed by atoms with van der Waals surface area (Å²) in [6, 6.07) is 6.50. The zero-order valence-corrected chi connectivity index (χ0v) is 10.9. The smallest absolute Gasteiger partial charge is 0.397 e. The van der Waals surface area contributed by atoms with Crippen LogP contribution in [0.5, 0.6) is 0 Å². The van der Waals surface area contributed by atoms with Crippen LogP contribution < -0.4 is 5.73 Å². The molecule has 0 saturated carbocycles. The minimum absolute atomic E-state index is 0.0826. The van der Waals surface area contributed by atoms with Gasteiger partial charge in [0.25, 0.3) is 0 Å². The van der Waals surface area contributed by atoms with Crippen LogP contribution >= 0.6 is 0 Å². The van der Waals surface area contributed by atoms with Crippen LogP contribution in [0, 0.1) is 0 Å². The van der Waals surface area contributed by atoms with Crippen LogP contribution in [0.15, 0.2) is 24.3 Å². The SMILES string of the molecule is CC(C)N(Cc1ccccc1N)C(=O)CC(F)(F)F. The number of para-hydroxylation sites is 1. The van der Waals surface area contributed by atoms with E-state index in [1.165, 1.54) is 4.90 Å². The van der Waals surface area contributed by atoms with Crippen molar-refractivity contribution < 1.29 is 18.0 Å². The number of benzene rings is 1. The Bertz CT molecular complexity index is 444. The van der Waals surface area contributed by atoms with Crippen molar-refractivity contribution in [1.29, 1.82) is 0 Å². The lowest BCUT2D eigenvalue weighted by Crippen LogP contribution is -2.38. The summed E-state index contributed by atoms with van der Waals surface area (Å²) in [5.41, 5.74) is 6.85.